The molecule has 0 radical (unpaired) electrons. The van der Waals surface area contributed by atoms with Crippen molar-refractivity contribution in [2.24, 2.45) is 0 Å². The zero-order valence-corrected chi connectivity index (χ0v) is 10.7. The van der Waals surface area contributed by atoms with Crippen molar-refractivity contribution in [2.75, 3.05) is 0 Å². The van der Waals surface area contributed by atoms with Crippen molar-refractivity contribution < 1.29 is 4.74 Å². The van der Waals surface area contributed by atoms with Crippen molar-refractivity contribution in [3.8, 4) is 17.6 Å². The molecule has 0 aliphatic heterocycles. The van der Waals surface area contributed by atoms with E-state index in [-0.39, 0.29) is 0 Å². The summed E-state index contributed by atoms with van der Waals surface area (Å²) in [5, 5.41) is 8.64. The molecule has 1 aromatic heterocycles. The number of hydrogen-bond donors (Lipinski definition) is 0. The smallest absolute Gasteiger partial charge is 0.145 e. The van der Waals surface area contributed by atoms with Crippen molar-refractivity contribution in [1.29, 1.82) is 5.26 Å². The predicted molar refractivity (Wildman–Crippen MR) is 67.9 cm³/mol. The zero-order valence-electron chi connectivity index (χ0n) is 9.14. The lowest BCUT2D eigenvalue weighted by atomic mass is 10.2. The van der Waals surface area contributed by atoms with E-state index in [9.17, 15) is 0 Å². The number of aromatic nitrogens is 1. The van der Waals surface area contributed by atoms with Crippen LogP contribution in [-0.4, -0.2) is 4.98 Å². The number of halogens is 1. The van der Waals surface area contributed by atoms with Crippen LogP contribution in [0.2, 0.25) is 0 Å². The average Bonchev–Trinajstić information content (AvgIpc) is 2.35. The second kappa shape index (κ2) is 4.98. The Morgan fingerprint density at radius 3 is 2.76 bits per heavy atom. The van der Waals surface area contributed by atoms with Crippen molar-refractivity contribution in [3.05, 3.63) is 52.3 Å². The quantitative estimate of drug-likeness (QED) is 0.844. The molecule has 3 nitrogen and oxygen atoms in total. The summed E-state index contributed by atoms with van der Waals surface area (Å²) >= 11 is 3.39. The Balaban J connectivity index is 2.25. The van der Waals surface area contributed by atoms with Crippen LogP contribution in [0.3, 0.4) is 0 Å². The third-order valence-corrected chi connectivity index (χ3v) is 2.72. The third-order valence-electron chi connectivity index (χ3n) is 2.23. The number of aryl methyl sites for hydroxylation is 1. The van der Waals surface area contributed by atoms with Gasteiger partial charge in [0.1, 0.15) is 23.3 Å². The van der Waals surface area contributed by atoms with Crippen molar-refractivity contribution in [3.63, 3.8) is 0 Å². The van der Waals surface area contributed by atoms with Gasteiger partial charge in [-0.05, 0) is 36.8 Å². The van der Waals surface area contributed by atoms with E-state index in [2.05, 4.69) is 20.9 Å². The highest BCUT2D eigenvalue weighted by atomic mass is 79.9. The van der Waals surface area contributed by atoms with Crippen LogP contribution < -0.4 is 4.74 Å². The molecule has 0 saturated heterocycles. The van der Waals surface area contributed by atoms with Crippen LogP contribution >= 0.6 is 15.9 Å². The van der Waals surface area contributed by atoms with Gasteiger partial charge in [-0.15, -0.1) is 0 Å². The summed E-state index contributed by atoms with van der Waals surface area (Å²) in [6, 6.07) is 11.1. The monoisotopic (exact) mass is 288 g/mol. The molecule has 0 amide bonds. The molecule has 0 unspecified atom stereocenters. The first kappa shape index (κ1) is 11.6. The lowest BCUT2D eigenvalue weighted by Gasteiger charge is -2.08. The first-order valence-electron chi connectivity index (χ1n) is 4.99. The first-order valence-corrected chi connectivity index (χ1v) is 5.78. The van der Waals surface area contributed by atoms with Gasteiger partial charge in [-0.1, -0.05) is 22.0 Å². The Labute approximate surface area is 108 Å². The molecule has 0 saturated carbocycles. The van der Waals surface area contributed by atoms with Gasteiger partial charge in [0, 0.05) is 4.47 Å². The molecule has 0 spiro atoms. The Bertz CT molecular complexity index is 573. The fraction of sp³-hybridized carbons (Fsp3) is 0.0769. The van der Waals surface area contributed by atoms with Gasteiger partial charge >= 0.3 is 0 Å². The minimum absolute atomic E-state index is 0.378. The van der Waals surface area contributed by atoms with E-state index in [4.69, 9.17) is 10.00 Å². The molecule has 0 atom stereocenters. The minimum atomic E-state index is 0.378. The molecule has 1 aromatic carbocycles. The Morgan fingerprint density at radius 2 is 2.12 bits per heavy atom. The maximum atomic E-state index is 8.64. The second-order valence-corrected chi connectivity index (χ2v) is 4.42. The summed E-state index contributed by atoms with van der Waals surface area (Å²) in [4.78, 5) is 3.95. The van der Waals surface area contributed by atoms with Crippen LogP contribution in [-0.2, 0) is 0 Å². The molecule has 0 aliphatic carbocycles. The summed E-state index contributed by atoms with van der Waals surface area (Å²) < 4.78 is 6.65. The van der Waals surface area contributed by atoms with E-state index in [1.807, 2.05) is 31.2 Å². The lowest BCUT2D eigenvalue weighted by Crippen LogP contribution is -1.89. The zero-order chi connectivity index (χ0) is 12.3. The van der Waals surface area contributed by atoms with Crippen molar-refractivity contribution >= 4 is 15.9 Å². The molecule has 0 aliphatic rings. The average molecular weight is 289 g/mol. The van der Waals surface area contributed by atoms with Gasteiger partial charge in [0.15, 0.2) is 0 Å². The summed E-state index contributed by atoms with van der Waals surface area (Å²) in [5.74, 6) is 1.39. The van der Waals surface area contributed by atoms with Gasteiger partial charge in [0.05, 0.1) is 6.20 Å². The maximum Gasteiger partial charge on any atom is 0.145 e. The number of hydrogen-bond acceptors (Lipinski definition) is 3. The SMILES string of the molecule is Cc1ccc(Br)cc1Oc1ccc(C#N)nc1. The Hall–Kier alpha value is -1.86. The Kier molecular flexibility index (Phi) is 3.40. The van der Waals surface area contributed by atoms with Crippen LogP contribution in [0.5, 0.6) is 11.5 Å². The van der Waals surface area contributed by atoms with Gasteiger partial charge < -0.3 is 4.74 Å². The molecule has 1 heterocycles. The summed E-state index contributed by atoms with van der Waals surface area (Å²) in [5.41, 5.74) is 1.42. The number of rotatable bonds is 2. The predicted octanol–water partition coefficient (Wildman–Crippen LogP) is 3.82. The van der Waals surface area contributed by atoms with Crippen LogP contribution in [0.1, 0.15) is 11.3 Å². The molecule has 2 aromatic rings. The van der Waals surface area contributed by atoms with Crippen LogP contribution in [0.15, 0.2) is 41.0 Å². The summed E-state index contributed by atoms with van der Waals surface area (Å²) in [7, 11) is 0. The normalized spacial score (nSPS) is 9.71. The maximum absolute atomic E-state index is 8.64. The van der Waals surface area contributed by atoms with E-state index in [1.165, 1.54) is 0 Å². The van der Waals surface area contributed by atoms with Gasteiger partial charge in [-0.3, -0.25) is 0 Å². The number of benzene rings is 1. The van der Waals surface area contributed by atoms with Crippen molar-refractivity contribution in [1.82, 2.24) is 4.98 Å². The molecule has 84 valence electrons. The molecular weight excluding hydrogens is 280 g/mol. The van der Waals surface area contributed by atoms with E-state index >= 15 is 0 Å². The van der Waals surface area contributed by atoms with Gasteiger partial charge in [-0.25, -0.2) is 4.98 Å². The molecule has 0 N–H and O–H groups in total. The van der Waals surface area contributed by atoms with Gasteiger partial charge in [0.2, 0.25) is 0 Å². The van der Waals surface area contributed by atoms with Gasteiger partial charge in [0.25, 0.3) is 0 Å². The second-order valence-electron chi connectivity index (χ2n) is 3.50. The van der Waals surface area contributed by atoms with Crippen LogP contribution in [0.25, 0.3) is 0 Å². The lowest BCUT2D eigenvalue weighted by molar-refractivity contribution is 0.476. The summed E-state index contributed by atoms with van der Waals surface area (Å²) in [6.45, 7) is 1.97. The number of nitrogens with zero attached hydrogens (tertiary/aromatic N) is 2. The largest absolute Gasteiger partial charge is 0.455 e. The first-order chi connectivity index (χ1) is 8.19. The number of pyridine rings is 1. The van der Waals surface area contributed by atoms with E-state index < -0.39 is 0 Å². The van der Waals surface area contributed by atoms with Crippen LogP contribution in [0.4, 0.5) is 0 Å². The topological polar surface area (TPSA) is 45.9 Å². The van der Waals surface area contributed by atoms with E-state index in [0.29, 0.717) is 11.4 Å². The molecule has 0 fully saturated rings. The van der Waals surface area contributed by atoms with Gasteiger partial charge in [-0.2, -0.15) is 5.26 Å². The number of ether oxygens (including phenoxy) is 1. The highest BCUT2D eigenvalue weighted by molar-refractivity contribution is 9.10. The van der Waals surface area contributed by atoms with E-state index in [0.717, 1.165) is 15.8 Å². The van der Waals surface area contributed by atoms with Crippen LogP contribution in [0, 0.1) is 18.3 Å². The standard InChI is InChI=1S/C13H9BrN2O/c1-9-2-3-10(14)6-13(9)17-12-5-4-11(7-15)16-8-12/h2-6,8H,1H3. The summed E-state index contributed by atoms with van der Waals surface area (Å²) in [6.07, 6.45) is 1.54. The highest BCUT2D eigenvalue weighted by Crippen LogP contribution is 2.27. The van der Waals surface area contributed by atoms with Crippen molar-refractivity contribution in [2.45, 2.75) is 6.92 Å². The molecule has 17 heavy (non-hydrogen) atoms. The highest BCUT2D eigenvalue weighted by Gasteiger charge is 2.03. The molecule has 0 bridgehead atoms. The number of nitriles is 1. The molecular formula is C13H9BrN2O. The Morgan fingerprint density at radius 1 is 1.29 bits per heavy atom. The fourth-order valence-corrected chi connectivity index (χ4v) is 1.66. The minimum Gasteiger partial charge on any atom is -0.455 e. The third kappa shape index (κ3) is 2.83. The molecule has 2 rings (SSSR count). The van der Waals surface area contributed by atoms with E-state index in [1.54, 1.807) is 18.3 Å². The molecule has 4 heteroatoms. The fourth-order valence-electron chi connectivity index (χ4n) is 1.32.